The van der Waals surface area contributed by atoms with Crippen LogP contribution in [0.25, 0.3) is 0 Å². The molecule has 2 aliphatic heterocycles. The van der Waals surface area contributed by atoms with Crippen LogP contribution >= 0.6 is 0 Å². The Kier molecular flexibility index (Phi) is 5.34. The largest absolute Gasteiger partial charge is 0.469 e. The molecule has 7 nitrogen and oxygen atoms in total. The van der Waals surface area contributed by atoms with Gasteiger partial charge in [0.15, 0.2) is 0 Å². The van der Waals surface area contributed by atoms with Crippen molar-refractivity contribution in [2.24, 2.45) is 11.8 Å². The predicted molar refractivity (Wildman–Crippen MR) is 96.1 cm³/mol. The summed E-state index contributed by atoms with van der Waals surface area (Å²) in [6.07, 6.45) is 1.85. The van der Waals surface area contributed by atoms with Gasteiger partial charge in [0.05, 0.1) is 17.9 Å². The van der Waals surface area contributed by atoms with Crippen LogP contribution in [0.1, 0.15) is 26.2 Å². The van der Waals surface area contributed by atoms with Crippen molar-refractivity contribution in [2.45, 2.75) is 31.1 Å². The van der Waals surface area contributed by atoms with Gasteiger partial charge in [0.25, 0.3) is 0 Å². The molecule has 0 bridgehead atoms. The van der Waals surface area contributed by atoms with E-state index in [-0.39, 0.29) is 23.8 Å². The molecule has 1 aromatic carbocycles. The van der Waals surface area contributed by atoms with Crippen molar-refractivity contribution < 1.29 is 22.7 Å². The number of anilines is 1. The maximum atomic E-state index is 12.8. The third kappa shape index (κ3) is 3.61. The van der Waals surface area contributed by atoms with Crippen LogP contribution in [0.3, 0.4) is 0 Å². The third-order valence-corrected chi connectivity index (χ3v) is 7.10. The minimum Gasteiger partial charge on any atom is -0.469 e. The van der Waals surface area contributed by atoms with E-state index in [0.717, 1.165) is 12.8 Å². The number of ether oxygens (including phenoxy) is 1. The minimum atomic E-state index is -3.51. The molecule has 3 rings (SSSR count). The molecule has 0 radical (unpaired) electrons. The smallest absolute Gasteiger partial charge is 0.311 e. The highest BCUT2D eigenvalue weighted by atomic mass is 32.2. The van der Waals surface area contributed by atoms with Crippen molar-refractivity contribution in [1.82, 2.24) is 4.31 Å². The molecule has 2 heterocycles. The zero-order chi connectivity index (χ0) is 18.9. The van der Waals surface area contributed by atoms with E-state index >= 15 is 0 Å². The van der Waals surface area contributed by atoms with Gasteiger partial charge in [-0.15, -0.1) is 0 Å². The summed E-state index contributed by atoms with van der Waals surface area (Å²) in [6, 6.07) is 6.30. The van der Waals surface area contributed by atoms with E-state index in [4.69, 9.17) is 4.74 Å². The molecule has 1 amide bonds. The Morgan fingerprint density at radius 1 is 1.15 bits per heavy atom. The Morgan fingerprint density at radius 3 is 2.35 bits per heavy atom. The highest BCUT2D eigenvalue weighted by molar-refractivity contribution is 7.89. The Labute approximate surface area is 154 Å². The summed E-state index contributed by atoms with van der Waals surface area (Å²) in [5.41, 5.74) is 0.590. The first-order valence-electron chi connectivity index (χ1n) is 8.81. The number of sulfonamides is 1. The number of methoxy groups -OCH3 is 1. The fourth-order valence-corrected chi connectivity index (χ4v) is 4.92. The normalized spacial score (nSPS) is 22.6. The van der Waals surface area contributed by atoms with E-state index < -0.39 is 21.9 Å². The van der Waals surface area contributed by atoms with Gasteiger partial charge in [-0.2, -0.15) is 4.31 Å². The molecule has 0 aromatic heterocycles. The molecular formula is C18H24N2O5S. The van der Waals surface area contributed by atoms with E-state index in [9.17, 15) is 18.0 Å². The summed E-state index contributed by atoms with van der Waals surface area (Å²) in [4.78, 5) is 25.5. The first-order chi connectivity index (χ1) is 12.3. The van der Waals surface area contributed by atoms with Crippen molar-refractivity contribution >= 4 is 27.6 Å². The number of carbonyl (C=O) groups excluding carboxylic acids is 2. The lowest BCUT2D eigenvalue weighted by Gasteiger charge is -2.29. The Hall–Kier alpha value is -1.93. The lowest BCUT2D eigenvalue weighted by Crippen LogP contribution is -2.37. The van der Waals surface area contributed by atoms with Gasteiger partial charge >= 0.3 is 5.97 Å². The second-order valence-electron chi connectivity index (χ2n) is 7.01. The van der Waals surface area contributed by atoms with Gasteiger partial charge in [0.1, 0.15) is 0 Å². The van der Waals surface area contributed by atoms with Crippen molar-refractivity contribution in [3.05, 3.63) is 24.3 Å². The number of amides is 1. The van der Waals surface area contributed by atoms with E-state index in [2.05, 4.69) is 6.92 Å². The first kappa shape index (κ1) is 18.8. The summed E-state index contributed by atoms with van der Waals surface area (Å²) >= 11 is 0. The zero-order valence-corrected chi connectivity index (χ0v) is 15.9. The van der Waals surface area contributed by atoms with Crippen molar-refractivity contribution in [2.75, 3.05) is 31.6 Å². The molecule has 0 N–H and O–H groups in total. The Bertz CT molecular complexity index is 782. The number of hydrogen-bond acceptors (Lipinski definition) is 5. The van der Waals surface area contributed by atoms with Gasteiger partial charge < -0.3 is 9.64 Å². The van der Waals surface area contributed by atoms with Gasteiger partial charge in [-0.1, -0.05) is 6.92 Å². The van der Waals surface area contributed by atoms with Gasteiger partial charge in [-0.25, -0.2) is 8.42 Å². The maximum Gasteiger partial charge on any atom is 0.311 e. The van der Waals surface area contributed by atoms with E-state index in [1.165, 1.54) is 28.4 Å². The number of nitrogens with zero attached hydrogens (tertiary/aromatic N) is 2. The second kappa shape index (κ2) is 7.36. The van der Waals surface area contributed by atoms with Crippen LogP contribution in [0.2, 0.25) is 0 Å². The average Bonchev–Trinajstić information content (AvgIpc) is 3.03. The lowest BCUT2D eigenvalue weighted by atomic mass is 10.0. The predicted octanol–water partition coefficient (Wildman–Crippen LogP) is 1.63. The van der Waals surface area contributed by atoms with Crippen LogP contribution in [0.5, 0.6) is 0 Å². The van der Waals surface area contributed by atoms with E-state index in [1.54, 1.807) is 12.1 Å². The molecule has 8 heteroatoms. The number of rotatable bonds is 4. The minimum absolute atomic E-state index is 0.110. The van der Waals surface area contributed by atoms with Crippen LogP contribution < -0.4 is 4.90 Å². The zero-order valence-electron chi connectivity index (χ0n) is 15.1. The molecule has 0 saturated carbocycles. The van der Waals surface area contributed by atoms with E-state index in [0.29, 0.717) is 24.7 Å². The number of carbonyl (C=O) groups is 2. The molecule has 2 saturated heterocycles. The molecule has 1 atom stereocenters. The second-order valence-corrected chi connectivity index (χ2v) is 8.95. The number of piperidine rings is 1. The summed E-state index contributed by atoms with van der Waals surface area (Å²) < 4.78 is 31.7. The van der Waals surface area contributed by atoms with E-state index in [1.807, 2.05) is 0 Å². The van der Waals surface area contributed by atoms with Crippen molar-refractivity contribution in [3.8, 4) is 0 Å². The standard InChI is InChI=1S/C18H24N2O5S/c1-13-7-9-19(10-8-13)26(23,24)16-5-3-15(4-6-16)20-12-14(11-17(20)21)18(22)25-2/h3-6,13-14H,7-12H2,1-2H3/t14-/m0/s1. The molecule has 142 valence electrons. The topological polar surface area (TPSA) is 84.0 Å². The van der Waals surface area contributed by atoms with Gasteiger partial charge in [-0.05, 0) is 43.0 Å². The van der Waals surface area contributed by atoms with Crippen LogP contribution in [-0.4, -0.2) is 51.3 Å². The number of benzene rings is 1. The maximum absolute atomic E-state index is 12.8. The summed E-state index contributed by atoms with van der Waals surface area (Å²) in [6.45, 7) is 3.46. The lowest BCUT2D eigenvalue weighted by molar-refractivity contribution is -0.145. The molecular weight excluding hydrogens is 356 g/mol. The van der Waals surface area contributed by atoms with Crippen LogP contribution in [0.15, 0.2) is 29.2 Å². The SMILES string of the molecule is COC(=O)[C@H]1CC(=O)N(c2ccc(S(=O)(=O)N3CCC(C)CC3)cc2)C1. The van der Waals surface area contributed by atoms with Crippen molar-refractivity contribution in [3.63, 3.8) is 0 Å². The molecule has 0 unspecified atom stereocenters. The Balaban J connectivity index is 1.74. The quantitative estimate of drug-likeness (QED) is 0.742. The van der Waals surface area contributed by atoms with Gasteiger partial charge in [0, 0.05) is 31.7 Å². The van der Waals surface area contributed by atoms with Crippen LogP contribution in [0, 0.1) is 11.8 Å². The molecule has 2 fully saturated rings. The number of esters is 1. The molecule has 0 spiro atoms. The summed E-state index contributed by atoms with van der Waals surface area (Å²) in [5.74, 6) is -0.501. The highest BCUT2D eigenvalue weighted by Gasteiger charge is 2.36. The van der Waals surface area contributed by atoms with Gasteiger partial charge in [0.2, 0.25) is 15.9 Å². The van der Waals surface area contributed by atoms with Crippen LogP contribution in [0.4, 0.5) is 5.69 Å². The Morgan fingerprint density at radius 2 is 1.77 bits per heavy atom. The third-order valence-electron chi connectivity index (χ3n) is 5.19. The first-order valence-corrected chi connectivity index (χ1v) is 10.3. The monoisotopic (exact) mass is 380 g/mol. The molecule has 0 aliphatic carbocycles. The molecule has 1 aromatic rings. The molecule has 26 heavy (non-hydrogen) atoms. The highest BCUT2D eigenvalue weighted by Crippen LogP contribution is 2.28. The fourth-order valence-electron chi connectivity index (χ4n) is 3.45. The fraction of sp³-hybridized carbons (Fsp3) is 0.556. The van der Waals surface area contributed by atoms with Crippen LogP contribution in [-0.2, 0) is 24.3 Å². The van der Waals surface area contributed by atoms with Gasteiger partial charge in [-0.3, -0.25) is 9.59 Å². The number of hydrogen-bond donors (Lipinski definition) is 0. The summed E-state index contributed by atoms with van der Waals surface area (Å²) in [5, 5.41) is 0. The van der Waals surface area contributed by atoms with Crippen molar-refractivity contribution in [1.29, 1.82) is 0 Å². The average molecular weight is 380 g/mol. The molecule has 2 aliphatic rings. The summed E-state index contributed by atoms with van der Waals surface area (Å²) in [7, 11) is -2.21.